The van der Waals surface area contributed by atoms with Crippen molar-refractivity contribution in [2.24, 2.45) is 5.92 Å². The Labute approximate surface area is 160 Å². The second-order valence-corrected chi connectivity index (χ2v) is 7.25. The lowest BCUT2D eigenvalue weighted by atomic mass is 10.1. The average Bonchev–Trinajstić information content (AvgIpc) is 3.17. The third-order valence-corrected chi connectivity index (χ3v) is 4.59. The van der Waals surface area contributed by atoms with Gasteiger partial charge in [0, 0.05) is 12.2 Å². The van der Waals surface area contributed by atoms with Crippen LogP contribution in [0, 0.1) is 5.92 Å². The molecule has 0 spiro atoms. The normalized spacial score (nSPS) is 16.4. The van der Waals surface area contributed by atoms with Gasteiger partial charge in [-0.05, 0) is 42.0 Å². The van der Waals surface area contributed by atoms with E-state index in [1.165, 1.54) is 4.90 Å². The third-order valence-electron chi connectivity index (χ3n) is 4.59. The molecular weight excluding hydrogens is 340 g/mol. The number of anilines is 1. The molecule has 0 unspecified atom stereocenters. The zero-order valence-electron chi connectivity index (χ0n) is 15.9. The highest BCUT2D eigenvalue weighted by Crippen LogP contribution is 2.23. The Morgan fingerprint density at radius 1 is 1.07 bits per heavy atom. The van der Waals surface area contributed by atoms with Crippen molar-refractivity contribution in [2.45, 2.75) is 32.7 Å². The number of benzene rings is 2. The van der Waals surface area contributed by atoms with Gasteiger partial charge in [-0.15, -0.1) is 0 Å². The Hall–Kier alpha value is -2.82. The number of nitrogens with one attached hydrogen (secondary N) is 1. The number of carbonyl (C=O) groups excluding carboxylic acids is 2. The number of hydrogen-bond donors (Lipinski definition) is 1. The molecule has 0 aliphatic carbocycles. The molecule has 1 atom stereocenters. The summed E-state index contributed by atoms with van der Waals surface area (Å²) in [5.41, 5.74) is 2.95. The molecule has 142 valence electrons. The van der Waals surface area contributed by atoms with Crippen LogP contribution in [0.1, 0.15) is 26.7 Å². The fourth-order valence-electron chi connectivity index (χ4n) is 3.18. The van der Waals surface area contributed by atoms with Gasteiger partial charge in [0.15, 0.2) is 0 Å². The molecule has 27 heavy (non-hydrogen) atoms. The van der Waals surface area contributed by atoms with Gasteiger partial charge in [-0.25, -0.2) is 4.79 Å². The fraction of sp³-hybridized carbons (Fsp3) is 0.364. The molecule has 1 heterocycles. The van der Waals surface area contributed by atoms with Gasteiger partial charge in [0.2, 0.25) is 5.91 Å². The third kappa shape index (κ3) is 4.88. The van der Waals surface area contributed by atoms with E-state index in [9.17, 15) is 9.59 Å². The minimum atomic E-state index is -0.474. The van der Waals surface area contributed by atoms with Crippen molar-refractivity contribution >= 4 is 17.7 Å². The van der Waals surface area contributed by atoms with E-state index in [1.54, 1.807) is 0 Å². The van der Waals surface area contributed by atoms with Crippen LogP contribution in [0.5, 0.6) is 0 Å². The van der Waals surface area contributed by atoms with Crippen LogP contribution < -0.4 is 5.32 Å². The summed E-state index contributed by atoms with van der Waals surface area (Å²) in [4.78, 5) is 26.4. The van der Waals surface area contributed by atoms with Gasteiger partial charge in [-0.3, -0.25) is 9.69 Å². The lowest BCUT2D eigenvalue weighted by Crippen LogP contribution is -2.43. The number of carbonyl (C=O) groups is 2. The maximum absolute atomic E-state index is 12.7. The Morgan fingerprint density at radius 3 is 2.41 bits per heavy atom. The second-order valence-electron chi connectivity index (χ2n) is 7.25. The van der Waals surface area contributed by atoms with E-state index >= 15 is 0 Å². The van der Waals surface area contributed by atoms with E-state index in [-0.39, 0.29) is 11.8 Å². The van der Waals surface area contributed by atoms with Gasteiger partial charge in [-0.1, -0.05) is 56.3 Å². The first kappa shape index (κ1) is 19.0. The highest BCUT2D eigenvalue weighted by Gasteiger charge is 2.35. The van der Waals surface area contributed by atoms with E-state index in [4.69, 9.17) is 4.74 Å². The van der Waals surface area contributed by atoms with E-state index < -0.39 is 12.1 Å². The average molecular weight is 366 g/mol. The number of amides is 2. The molecule has 0 saturated carbocycles. The number of ether oxygens (including phenoxy) is 1. The smallest absolute Gasteiger partial charge is 0.410 e. The van der Waals surface area contributed by atoms with Gasteiger partial charge in [-0.2, -0.15) is 0 Å². The molecular formula is C22H26N2O3. The first-order valence-corrected chi connectivity index (χ1v) is 9.44. The zero-order chi connectivity index (χ0) is 19.2. The van der Waals surface area contributed by atoms with E-state index in [0.717, 1.165) is 23.2 Å². The number of rotatable bonds is 5. The van der Waals surface area contributed by atoms with Crippen LogP contribution in [0.25, 0.3) is 11.1 Å². The fourth-order valence-corrected chi connectivity index (χ4v) is 3.18. The molecule has 2 aromatic carbocycles. The Bertz CT molecular complexity index is 772. The predicted molar refractivity (Wildman–Crippen MR) is 106 cm³/mol. The van der Waals surface area contributed by atoms with Crippen molar-refractivity contribution in [1.82, 2.24) is 4.90 Å². The molecule has 0 bridgehead atoms. The summed E-state index contributed by atoms with van der Waals surface area (Å²) in [6.45, 7) is 4.90. The van der Waals surface area contributed by atoms with Crippen LogP contribution >= 0.6 is 0 Å². The van der Waals surface area contributed by atoms with Crippen LogP contribution in [0.3, 0.4) is 0 Å². The Morgan fingerprint density at radius 2 is 1.74 bits per heavy atom. The van der Waals surface area contributed by atoms with E-state index in [0.29, 0.717) is 19.6 Å². The maximum atomic E-state index is 12.7. The van der Waals surface area contributed by atoms with Crippen molar-refractivity contribution in [3.8, 4) is 11.1 Å². The molecule has 0 aromatic heterocycles. The van der Waals surface area contributed by atoms with Gasteiger partial charge in [0.05, 0.1) is 6.61 Å². The van der Waals surface area contributed by atoms with Gasteiger partial charge < -0.3 is 10.1 Å². The molecule has 2 amide bonds. The molecule has 0 radical (unpaired) electrons. The van der Waals surface area contributed by atoms with E-state index in [2.05, 4.69) is 5.32 Å². The van der Waals surface area contributed by atoms with Crippen molar-refractivity contribution in [1.29, 1.82) is 0 Å². The summed E-state index contributed by atoms with van der Waals surface area (Å²) in [6, 6.07) is 17.3. The molecule has 5 nitrogen and oxygen atoms in total. The summed E-state index contributed by atoms with van der Waals surface area (Å²) >= 11 is 0. The van der Waals surface area contributed by atoms with Crippen LogP contribution in [-0.4, -0.2) is 36.1 Å². The first-order valence-electron chi connectivity index (χ1n) is 9.44. The highest BCUT2D eigenvalue weighted by atomic mass is 16.6. The monoisotopic (exact) mass is 366 g/mol. The Balaban J connectivity index is 1.61. The summed E-state index contributed by atoms with van der Waals surface area (Å²) in [6.07, 6.45) is 1.06. The van der Waals surface area contributed by atoms with Crippen LogP contribution in [0.4, 0.5) is 10.5 Å². The van der Waals surface area contributed by atoms with Crippen LogP contribution in [-0.2, 0) is 9.53 Å². The lowest BCUT2D eigenvalue weighted by Gasteiger charge is -2.23. The molecule has 3 rings (SSSR count). The highest BCUT2D eigenvalue weighted by molar-refractivity contribution is 5.97. The largest absolute Gasteiger partial charge is 0.449 e. The molecule has 1 fully saturated rings. The van der Waals surface area contributed by atoms with Crippen molar-refractivity contribution in [2.75, 3.05) is 18.5 Å². The van der Waals surface area contributed by atoms with Crippen molar-refractivity contribution < 1.29 is 14.3 Å². The topological polar surface area (TPSA) is 58.6 Å². The van der Waals surface area contributed by atoms with Crippen LogP contribution in [0.15, 0.2) is 54.6 Å². The zero-order valence-corrected chi connectivity index (χ0v) is 15.9. The van der Waals surface area contributed by atoms with Gasteiger partial charge in [0.1, 0.15) is 6.04 Å². The maximum Gasteiger partial charge on any atom is 0.410 e. The Kier molecular flexibility index (Phi) is 6.12. The first-order chi connectivity index (χ1) is 13.0. The van der Waals surface area contributed by atoms with Crippen molar-refractivity contribution in [3.05, 3.63) is 54.6 Å². The van der Waals surface area contributed by atoms with Crippen molar-refractivity contribution in [3.63, 3.8) is 0 Å². The van der Waals surface area contributed by atoms with E-state index in [1.807, 2.05) is 68.4 Å². The molecule has 1 saturated heterocycles. The molecule has 2 aromatic rings. The van der Waals surface area contributed by atoms with Crippen LogP contribution in [0.2, 0.25) is 0 Å². The molecule has 5 heteroatoms. The number of likely N-dealkylation sites (tertiary alicyclic amines) is 1. The molecule has 1 N–H and O–H groups in total. The minimum Gasteiger partial charge on any atom is -0.449 e. The number of nitrogens with zero attached hydrogens (tertiary/aromatic N) is 1. The quantitative estimate of drug-likeness (QED) is 0.844. The van der Waals surface area contributed by atoms with Gasteiger partial charge >= 0.3 is 6.09 Å². The summed E-state index contributed by atoms with van der Waals surface area (Å²) in [7, 11) is 0. The standard InChI is InChI=1S/C22H26N2O3/c1-16(2)15-27-22(26)24-14-6-9-20(24)21(25)23-19-12-10-18(11-13-19)17-7-4-3-5-8-17/h3-5,7-8,10-13,16,20H,6,9,14-15H2,1-2H3,(H,23,25)/t20-/m1/s1. The summed E-state index contributed by atoms with van der Waals surface area (Å²) in [5.74, 6) is 0.105. The molecule has 1 aliphatic rings. The van der Waals surface area contributed by atoms with Gasteiger partial charge in [0.25, 0.3) is 0 Å². The molecule has 1 aliphatic heterocycles. The summed E-state index contributed by atoms with van der Waals surface area (Å²) in [5, 5.41) is 2.92. The second kappa shape index (κ2) is 8.71. The SMILES string of the molecule is CC(C)COC(=O)N1CCC[C@@H]1C(=O)Nc1ccc(-c2ccccc2)cc1. The predicted octanol–water partition coefficient (Wildman–Crippen LogP) is 4.55. The summed E-state index contributed by atoms with van der Waals surface area (Å²) < 4.78 is 5.29. The minimum absolute atomic E-state index is 0.165. The lowest BCUT2D eigenvalue weighted by molar-refractivity contribution is -0.120. The number of hydrogen-bond acceptors (Lipinski definition) is 3.